The molecule has 0 aliphatic carbocycles. The first-order valence-corrected chi connectivity index (χ1v) is 7.82. The highest BCUT2D eigenvalue weighted by Crippen LogP contribution is 2.22. The van der Waals surface area contributed by atoms with Crippen LogP contribution in [0.15, 0.2) is 30.3 Å². The maximum Gasteiger partial charge on any atom is 0.253 e. The zero-order valence-corrected chi connectivity index (χ0v) is 14.3. The Balaban J connectivity index is 2.21. The van der Waals surface area contributed by atoms with Crippen LogP contribution in [-0.4, -0.2) is 29.0 Å². The molecule has 2 rings (SSSR count). The van der Waals surface area contributed by atoms with Crippen LogP contribution in [0.2, 0.25) is 0 Å². The minimum absolute atomic E-state index is 0.0144. The number of carbonyl (C=O) groups is 2. The number of para-hydroxylation sites is 1. The number of aromatic nitrogens is 1. The number of hydrogen-bond acceptors (Lipinski definition) is 2. The van der Waals surface area contributed by atoms with Gasteiger partial charge in [0.05, 0.1) is 17.8 Å². The van der Waals surface area contributed by atoms with Gasteiger partial charge in [0.1, 0.15) is 5.82 Å². The average molecular weight is 331 g/mol. The van der Waals surface area contributed by atoms with Crippen molar-refractivity contribution in [3.05, 3.63) is 53.1 Å². The minimum atomic E-state index is -0.359. The van der Waals surface area contributed by atoms with Gasteiger partial charge in [0, 0.05) is 17.4 Å². The summed E-state index contributed by atoms with van der Waals surface area (Å²) in [4.78, 5) is 24.0. The van der Waals surface area contributed by atoms with Crippen molar-refractivity contribution in [1.29, 1.82) is 0 Å². The van der Waals surface area contributed by atoms with Crippen molar-refractivity contribution in [1.82, 2.24) is 15.2 Å². The lowest BCUT2D eigenvalue weighted by atomic mass is 10.2. The molecule has 0 saturated carbocycles. The van der Waals surface area contributed by atoms with E-state index in [1.165, 1.54) is 6.07 Å². The standard InChI is InChI=1S/C18H22FN3O2/c1-11(2)21-17(23)10-20-18(24)14-9-12(3)22(13(14)4)16-8-6-5-7-15(16)19/h5-9,11H,10H2,1-4H3,(H,20,24)(H,21,23). The third kappa shape index (κ3) is 3.82. The van der Waals surface area contributed by atoms with Crippen LogP contribution in [0.4, 0.5) is 4.39 Å². The summed E-state index contributed by atoms with van der Waals surface area (Å²) in [7, 11) is 0. The summed E-state index contributed by atoms with van der Waals surface area (Å²) in [5.74, 6) is -0.964. The first-order valence-electron chi connectivity index (χ1n) is 7.82. The van der Waals surface area contributed by atoms with E-state index in [-0.39, 0.29) is 30.2 Å². The van der Waals surface area contributed by atoms with Crippen molar-refractivity contribution in [3.63, 3.8) is 0 Å². The lowest BCUT2D eigenvalue weighted by Crippen LogP contribution is -2.39. The van der Waals surface area contributed by atoms with E-state index in [4.69, 9.17) is 0 Å². The van der Waals surface area contributed by atoms with Gasteiger partial charge in [-0.05, 0) is 45.9 Å². The van der Waals surface area contributed by atoms with Crippen molar-refractivity contribution in [2.45, 2.75) is 33.7 Å². The van der Waals surface area contributed by atoms with E-state index in [2.05, 4.69) is 10.6 Å². The van der Waals surface area contributed by atoms with Gasteiger partial charge in [-0.2, -0.15) is 0 Å². The van der Waals surface area contributed by atoms with Gasteiger partial charge in [0.25, 0.3) is 5.91 Å². The van der Waals surface area contributed by atoms with Crippen molar-refractivity contribution in [2.75, 3.05) is 6.54 Å². The first-order chi connectivity index (χ1) is 11.3. The summed E-state index contributed by atoms with van der Waals surface area (Å²) in [5, 5.41) is 5.30. The number of carbonyl (C=O) groups excluding carboxylic acids is 2. The Morgan fingerprint density at radius 3 is 2.50 bits per heavy atom. The number of nitrogens with zero attached hydrogens (tertiary/aromatic N) is 1. The molecule has 2 aromatic rings. The number of rotatable bonds is 5. The van der Waals surface area contributed by atoms with Crippen molar-refractivity contribution < 1.29 is 14.0 Å². The van der Waals surface area contributed by atoms with E-state index in [9.17, 15) is 14.0 Å². The third-order valence-electron chi connectivity index (χ3n) is 3.63. The molecule has 0 unspecified atom stereocenters. The second-order valence-electron chi connectivity index (χ2n) is 5.98. The van der Waals surface area contributed by atoms with Gasteiger partial charge in [-0.15, -0.1) is 0 Å². The quantitative estimate of drug-likeness (QED) is 0.884. The molecule has 0 aliphatic heterocycles. The molecule has 0 bridgehead atoms. The van der Waals surface area contributed by atoms with E-state index in [1.807, 2.05) is 20.8 Å². The van der Waals surface area contributed by atoms with Crippen molar-refractivity contribution in [3.8, 4) is 5.69 Å². The summed E-state index contributed by atoms with van der Waals surface area (Å²) in [6.45, 7) is 7.16. The molecule has 6 heteroatoms. The topological polar surface area (TPSA) is 63.1 Å². The molecular weight excluding hydrogens is 309 g/mol. The zero-order chi connectivity index (χ0) is 17.9. The number of hydrogen-bond donors (Lipinski definition) is 2. The van der Waals surface area contributed by atoms with Gasteiger partial charge < -0.3 is 15.2 Å². The number of nitrogens with one attached hydrogen (secondary N) is 2. The summed E-state index contributed by atoms with van der Waals surface area (Å²) in [5.41, 5.74) is 2.19. The lowest BCUT2D eigenvalue weighted by molar-refractivity contribution is -0.120. The SMILES string of the molecule is Cc1cc(C(=O)NCC(=O)NC(C)C)c(C)n1-c1ccccc1F. The van der Waals surface area contributed by atoms with Crippen LogP contribution in [0.5, 0.6) is 0 Å². The summed E-state index contributed by atoms with van der Waals surface area (Å²) < 4.78 is 15.7. The highest BCUT2D eigenvalue weighted by molar-refractivity contribution is 5.97. The highest BCUT2D eigenvalue weighted by atomic mass is 19.1. The molecular formula is C18H22FN3O2. The number of amides is 2. The van der Waals surface area contributed by atoms with E-state index in [1.54, 1.807) is 35.8 Å². The van der Waals surface area contributed by atoms with Crippen LogP contribution in [-0.2, 0) is 4.79 Å². The van der Waals surface area contributed by atoms with Crippen LogP contribution in [0.3, 0.4) is 0 Å². The minimum Gasteiger partial charge on any atom is -0.352 e. The molecule has 2 amide bonds. The van der Waals surface area contributed by atoms with Crippen LogP contribution in [0.25, 0.3) is 5.69 Å². The van der Waals surface area contributed by atoms with Crippen molar-refractivity contribution >= 4 is 11.8 Å². The zero-order valence-electron chi connectivity index (χ0n) is 14.3. The molecule has 0 atom stereocenters. The molecule has 1 aromatic carbocycles. The van der Waals surface area contributed by atoms with Gasteiger partial charge >= 0.3 is 0 Å². The maximum absolute atomic E-state index is 14.0. The van der Waals surface area contributed by atoms with Gasteiger partial charge in [-0.25, -0.2) is 4.39 Å². The van der Waals surface area contributed by atoms with E-state index >= 15 is 0 Å². The fourth-order valence-electron chi connectivity index (χ4n) is 2.63. The molecule has 24 heavy (non-hydrogen) atoms. The van der Waals surface area contributed by atoms with Gasteiger partial charge in [0.15, 0.2) is 0 Å². The van der Waals surface area contributed by atoms with Crippen LogP contribution in [0.1, 0.15) is 35.6 Å². The van der Waals surface area contributed by atoms with Gasteiger partial charge in [0.2, 0.25) is 5.91 Å². The number of halogens is 1. The maximum atomic E-state index is 14.0. The second kappa shape index (κ2) is 7.29. The van der Waals surface area contributed by atoms with Crippen LogP contribution < -0.4 is 10.6 Å². The molecule has 1 aromatic heterocycles. The lowest BCUT2D eigenvalue weighted by Gasteiger charge is -2.11. The van der Waals surface area contributed by atoms with E-state index < -0.39 is 0 Å². The summed E-state index contributed by atoms with van der Waals surface area (Å²) in [6, 6.07) is 8.11. The normalized spacial score (nSPS) is 10.8. The molecule has 128 valence electrons. The number of aryl methyl sites for hydroxylation is 1. The van der Waals surface area contributed by atoms with E-state index in [0.29, 0.717) is 16.9 Å². The molecule has 0 radical (unpaired) electrons. The third-order valence-corrected chi connectivity index (χ3v) is 3.63. The Morgan fingerprint density at radius 2 is 1.88 bits per heavy atom. The molecule has 0 fully saturated rings. The fourth-order valence-corrected chi connectivity index (χ4v) is 2.63. The highest BCUT2D eigenvalue weighted by Gasteiger charge is 2.18. The molecule has 0 aliphatic rings. The fraction of sp³-hybridized carbons (Fsp3) is 0.333. The predicted molar refractivity (Wildman–Crippen MR) is 90.8 cm³/mol. The summed E-state index contributed by atoms with van der Waals surface area (Å²) >= 11 is 0. The van der Waals surface area contributed by atoms with E-state index in [0.717, 1.165) is 5.69 Å². The Labute approximate surface area is 140 Å². The Bertz CT molecular complexity index is 766. The smallest absolute Gasteiger partial charge is 0.253 e. The molecule has 5 nitrogen and oxygen atoms in total. The van der Waals surface area contributed by atoms with Crippen molar-refractivity contribution in [2.24, 2.45) is 0 Å². The largest absolute Gasteiger partial charge is 0.352 e. The van der Waals surface area contributed by atoms with Crippen LogP contribution >= 0.6 is 0 Å². The summed E-state index contributed by atoms with van der Waals surface area (Å²) in [6.07, 6.45) is 0. The number of benzene rings is 1. The monoisotopic (exact) mass is 331 g/mol. The Morgan fingerprint density at radius 1 is 1.21 bits per heavy atom. The molecule has 0 spiro atoms. The van der Waals surface area contributed by atoms with Gasteiger partial charge in [-0.1, -0.05) is 12.1 Å². The molecule has 2 N–H and O–H groups in total. The predicted octanol–water partition coefficient (Wildman–Crippen LogP) is 2.49. The molecule has 1 heterocycles. The first kappa shape index (κ1) is 17.7. The Hall–Kier alpha value is -2.63. The Kier molecular flexibility index (Phi) is 5.39. The average Bonchev–Trinajstić information content (AvgIpc) is 2.80. The molecule has 0 saturated heterocycles. The van der Waals surface area contributed by atoms with Gasteiger partial charge in [-0.3, -0.25) is 9.59 Å². The second-order valence-corrected chi connectivity index (χ2v) is 5.98. The van der Waals surface area contributed by atoms with Crippen LogP contribution in [0, 0.1) is 19.7 Å².